The van der Waals surface area contributed by atoms with Crippen LogP contribution >= 0.6 is 0 Å². The standard InChI is InChI=1S/C28H25F2N5O4S/c29-26(30)22-7-5-17-2-1-9-35(27(17)34-22)25-8-6-19-14-31-21(13-23(19)33-25)15-32-28(36)18-3-4-20-16-39-10-11-40(37,38)24(20)12-18/h3-8,12-14,26H,1-2,9-11,15-16H2,(H,32,36). The monoisotopic (exact) mass is 565 g/mol. The molecule has 9 nitrogen and oxygen atoms in total. The molecule has 0 aliphatic carbocycles. The molecule has 5 heterocycles. The molecular formula is C28H25F2N5O4S. The third-order valence-electron chi connectivity index (χ3n) is 7.03. The number of carbonyl (C=O) groups excluding carboxylic acids is 1. The van der Waals surface area contributed by atoms with Crippen LogP contribution in [-0.4, -0.2) is 48.2 Å². The molecule has 2 aliphatic heterocycles. The zero-order chi connectivity index (χ0) is 27.9. The summed E-state index contributed by atoms with van der Waals surface area (Å²) in [7, 11) is -3.54. The second kappa shape index (κ2) is 10.5. The van der Waals surface area contributed by atoms with Gasteiger partial charge in [0.1, 0.15) is 17.3 Å². The Morgan fingerprint density at radius 2 is 1.93 bits per heavy atom. The number of hydrogen-bond donors (Lipinski definition) is 1. The predicted molar refractivity (Wildman–Crippen MR) is 143 cm³/mol. The molecule has 2 aliphatic rings. The van der Waals surface area contributed by atoms with E-state index in [-0.39, 0.29) is 41.7 Å². The summed E-state index contributed by atoms with van der Waals surface area (Å²) in [4.78, 5) is 28.2. The first-order valence-electron chi connectivity index (χ1n) is 12.8. The molecule has 0 fully saturated rings. The molecule has 3 aromatic heterocycles. The number of ether oxygens (including phenoxy) is 1. The average molecular weight is 566 g/mol. The lowest BCUT2D eigenvalue weighted by atomic mass is 10.0. The number of sulfone groups is 1. The number of anilines is 2. The van der Waals surface area contributed by atoms with Gasteiger partial charge in [-0.2, -0.15) is 0 Å². The SMILES string of the molecule is O=C(NCc1cc2nc(N3CCCc4ccc(C(F)F)nc43)ccc2cn1)c1ccc2c(c1)S(=O)(=O)CCOC2. The molecule has 1 N–H and O–H groups in total. The normalized spacial score (nSPS) is 16.3. The maximum Gasteiger partial charge on any atom is 0.280 e. The quantitative estimate of drug-likeness (QED) is 0.382. The van der Waals surface area contributed by atoms with Crippen molar-refractivity contribution in [2.45, 2.75) is 37.3 Å². The summed E-state index contributed by atoms with van der Waals surface area (Å²) in [5.41, 5.74) is 2.57. The van der Waals surface area contributed by atoms with Crippen LogP contribution in [0, 0.1) is 0 Å². The molecule has 0 unspecified atom stereocenters. The van der Waals surface area contributed by atoms with Crippen LogP contribution in [0.15, 0.2) is 59.6 Å². The highest BCUT2D eigenvalue weighted by Gasteiger charge is 2.25. The molecule has 40 heavy (non-hydrogen) atoms. The highest BCUT2D eigenvalue weighted by molar-refractivity contribution is 7.91. The van der Waals surface area contributed by atoms with Crippen molar-refractivity contribution in [3.63, 3.8) is 0 Å². The fourth-order valence-electron chi connectivity index (χ4n) is 4.93. The van der Waals surface area contributed by atoms with Gasteiger partial charge >= 0.3 is 0 Å². The zero-order valence-corrected chi connectivity index (χ0v) is 22.1. The molecule has 0 saturated carbocycles. The van der Waals surface area contributed by atoms with Crippen LogP contribution in [0.5, 0.6) is 0 Å². The minimum atomic E-state index is -3.54. The number of benzene rings is 1. The number of amides is 1. The van der Waals surface area contributed by atoms with Gasteiger partial charge in [0.2, 0.25) is 0 Å². The van der Waals surface area contributed by atoms with Crippen molar-refractivity contribution in [3.8, 4) is 0 Å². The minimum absolute atomic E-state index is 0.0967. The van der Waals surface area contributed by atoms with Gasteiger partial charge in [0, 0.05) is 23.7 Å². The van der Waals surface area contributed by atoms with Crippen LogP contribution in [0.1, 0.15) is 45.7 Å². The van der Waals surface area contributed by atoms with Crippen molar-refractivity contribution in [1.29, 1.82) is 0 Å². The lowest BCUT2D eigenvalue weighted by Crippen LogP contribution is -2.27. The maximum absolute atomic E-state index is 13.3. The van der Waals surface area contributed by atoms with Crippen LogP contribution in [-0.2, 0) is 34.1 Å². The summed E-state index contributed by atoms with van der Waals surface area (Å²) in [6.45, 7) is 0.986. The van der Waals surface area contributed by atoms with Gasteiger partial charge in [-0.25, -0.2) is 27.2 Å². The highest BCUT2D eigenvalue weighted by Crippen LogP contribution is 2.33. The van der Waals surface area contributed by atoms with Crippen molar-refractivity contribution in [3.05, 3.63) is 82.8 Å². The second-order valence-corrected chi connectivity index (χ2v) is 11.8. The van der Waals surface area contributed by atoms with Gasteiger partial charge in [-0.05, 0) is 60.4 Å². The molecule has 4 aromatic rings. The molecular weight excluding hydrogens is 540 g/mol. The van der Waals surface area contributed by atoms with E-state index in [0.717, 1.165) is 23.8 Å². The molecule has 0 radical (unpaired) electrons. The Morgan fingerprint density at radius 3 is 2.77 bits per heavy atom. The van der Waals surface area contributed by atoms with Crippen LogP contribution in [0.4, 0.5) is 20.4 Å². The fourth-order valence-corrected chi connectivity index (χ4v) is 6.32. The average Bonchev–Trinajstić information content (AvgIpc) is 3.12. The molecule has 0 bridgehead atoms. The molecule has 0 saturated heterocycles. The number of nitrogens with zero attached hydrogens (tertiary/aromatic N) is 4. The third-order valence-corrected chi connectivity index (χ3v) is 8.78. The zero-order valence-electron chi connectivity index (χ0n) is 21.3. The number of aryl methyl sites for hydroxylation is 1. The molecule has 1 aromatic carbocycles. The first-order valence-corrected chi connectivity index (χ1v) is 14.5. The number of halogens is 2. The van der Waals surface area contributed by atoms with E-state index in [1.54, 1.807) is 30.5 Å². The number of aromatic nitrogens is 3. The molecule has 206 valence electrons. The van der Waals surface area contributed by atoms with E-state index in [1.165, 1.54) is 12.1 Å². The van der Waals surface area contributed by atoms with Gasteiger partial charge < -0.3 is 15.0 Å². The van der Waals surface area contributed by atoms with E-state index < -0.39 is 22.2 Å². The second-order valence-electron chi connectivity index (χ2n) is 9.69. The third kappa shape index (κ3) is 5.11. The largest absolute Gasteiger partial charge is 0.376 e. The van der Waals surface area contributed by atoms with Crippen molar-refractivity contribution in [2.75, 3.05) is 23.8 Å². The van der Waals surface area contributed by atoms with Crippen molar-refractivity contribution >= 4 is 38.3 Å². The molecule has 0 spiro atoms. The number of alkyl halides is 2. The summed E-state index contributed by atoms with van der Waals surface area (Å²) in [6.07, 6.45) is 0.590. The van der Waals surface area contributed by atoms with E-state index in [0.29, 0.717) is 35.0 Å². The van der Waals surface area contributed by atoms with Crippen LogP contribution in [0.25, 0.3) is 10.9 Å². The summed E-state index contributed by atoms with van der Waals surface area (Å²) < 4.78 is 57.1. The summed E-state index contributed by atoms with van der Waals surface area (Å²) in [5, 5.41) is 3.57. The smallest absolute Gasteiger partial charge is 0.280 e. The Hall–Kier alpha value is -4.03. The van der Waals surface area contributed by atoms with Gasteiger partial charge in [-0.3, -0.25) is 9.78 Å². The van der Waals surface area contributed by atoms with Gasteiger partial charge in [-0.15, -0.1) is 0 Å². The Bertz CT molecular complexity index is 1730. The minimum Gasteiger partial charge on any atom is -0.376 e. The van der Waals surface area contributed by atoms with Crippen LogP contribution < -0.4 is 10.2 Å². The predicted octanol–water partition coefficient (Wildman–Crippen LogP) is 4.28. The highest BCUT2D eigenvalue weighted by atomic mass is 32.2. The van der Waals surface area contributed by atoms with E-state index in [9.17, 15) is 22.0 Å². The fraction of sp³-hybridized carbons (Fsp3) is 0.286. The van der Waals surface area contributed by atoms with Gasteiger partial charge in [0.15, 0.2) is 9.84 Å². The number of nitrogens with one attached hydrogen (secondary N) is 1. The topological polar surface area (TPSA) is 114 Å². The van der Waals surface area contributed by atoms with Gasteiger partial charge in [0.25, 0.3) is 12.3 Å². The Morgan fingerprint density at radius 1 is 1.07 bits per heavy atom. The van der Waals surface area contributed by atoms with Gasteiger partial charge in [0.05, 0.1) is 41.6 Å². The molecule has 0 atom stereocenters. The van der Waals surface area contributed by atoms with Crippen LogP contribution in [0.3, 0.4) is 0 Å². The van der Waals surface area contributed by atoms with E-state index in [2.05, 4.69) is 15.3 Å². The molecule has 1 amide bonds. The van der Waals surface area contributed by atoms with E-state index in [1.807, 2.05) is 17.0 Å². The number of carbonyl (C=O) groups is 1. The summed E-state index contributed by atoms with van der Waals surface area (Å²) >= 11 is 0. The number of hydrogen-bond acceptors (Lipinski definition) is 8. The number of pyridine rings is 3. The van der Waals surface area contributed by atoms with Crippen molar-refractivity contribution in [1.82, 2.24) is 20.3 Å². The Kier molecular flexibility index (Phi) is 6.88. The van der Waals surface area contributed by atoms with Crippen molar-refractivity contribution in [2.24, 2.45) is 0 Å². The van der Waals surface area contributed by atoms with Gasteiger partial charge in [-0.1, -0.05) is 12.1 Å². The number of fused-ring (bicyclic) bond motifs is 3. The lowest BCUT2D eigenvalue weighted by Gasteiger charge is -2.29. The number of rotatable bonds is 5. The van der Waals surface area contributed by atoms with E-state index in [4.69, 9.17) is 9.72 Å². The first kappa shape index (κ1) is 26.2. The first-order chi connectivity index (χ1) is 19.3. The molecule has 6 rings (SSSR count). The van der Waals surface area contributed by atoms with Crippen molar-refractivity contribution < 1.29 is 26.7 Å². The molecule has 12 heteroatoms. The summed E-state index contributed by atoms with van der Waals surface area (Å²) in [5.74, 6) is 0.515. The Labute approximate surface area is 229 Å². The lowest BCUT2D eigenvalue weighted by molar-refractivity contribution is 0.0950. The van der Waals surface area contributed by atoms with Crippen LogP contribution in [0.2, 0.25) is 0 Å². The Balaban J connectivity index is 1.22. The maximum atomic E-state index is 13.3. The van der Waals surface area contributed by atoms with E-state index >= 15 is 0 Å². The summed E-state index contributed by atoms with van der Waals surface area (Å²) in [6, 6.07) is 13.1.